The van der Waals surface area contributed by atoms with Gasteiger partial charge in [0.1, 0.15) is 4.99 Å². The molecule has 1 aromatic carbocycles. The molecule has 1 aliphatic rings. The predicted octanol–water partition coefficient (Wildman–Crippen LogP) is 2.85. The second-order valence-corrected chi connectivity index (χ2v) is 5.81. The van der Waals surface area contributed by atoms with E-state index in [1.54, 1.807) is 0 Å². The molecule has 7 heteroatoms. The highest BCUT2D eigenvalue weighted by atomic mass is 32.1. The Hall–Kier alpha value is -1.34. The van der Waals surface area contributed by atoms with Crippen LogP contribution in [-0.4, -0.2) is 36.1 Å². The fourth-order valence-electron chi connectivity index (χ4n) is 2.61. The maximum absolute atomic E-state index is 12.9. The standard InChI is InChI=1S/C14H18F3N3S/c1-20-6-2-3-10(8-20)19-9-4-5-12(14(15,16)17)11(7-9)13(18)21/h4-5,7,10,19H,2-3,6,8H2,1H3,(H2,18,21). The number of hydrogen-bond donors (Lipinski definition) is 2. The van der Waals surface area contributed by atoms with E-state index in [0.29, 0.717) is 5.69 Å². The van der Waals surface area contributed by atoms with Crippen molar-refractivity contribution in [1.82, 2.24) is 4.90 Å². The lowest BCUT2D eigenvalue weighted by atomic mass is 10.0. The van der Waals surface area contributed by atoms with E-state index < -0.39 is 11.7 Å². The zero-order chi connectivity index (χ0) is 15.6. The smallest absolute Gasteiger partial charge is 0.389 e. The van der Waals surface area contributed by atoms with Crippen molar-refractivity contribution in [3.05, 3.63) is 29.3 Å². The summed E-state index contributed by atoms with van der Waals surface area (Å²) in [5.74, 6) is 0. The number of likely N-dealkylation sites (tertiary alicyclic amines) is 1. The zero-order valence-electron chi connectivity index (χ0n) is 11.7. The van der Waals surface area contributed by atoms with Gasteiger partial charge in [0.25, 0.3) is 0 Å². The molecule has 1 aromatic rings. The molecule has 2 rings (SSSR count). The third-order valence-electron chi connectivity index (χ3n) is 3.59. The van der Waals surface area contributed by atoms with Crippen LogP contribution < -0.4 is 11.1 Å². The number of benzene rings is 1. The molecular formula is C14H18F3N3S. The molecule has 0 radical (unpaired) electrons. The lowest BCUT2D eigenvalue weighted by Gasteiger charge is -2.31. The number of halogens is 3. The molecule has 1 heterocycles. The van der Waals surface area contributed by atoms with E-state index in [-0.39, 0.29) is 16.6 Å². The SMILES string of the molecule is CN1CCCC(Nc2ccc(C(F)(F)F)c(C(N)=S)c2)C1. The van der Waals surface area contributed by atoms with E-state index in [1.165, 1.54) is 12.1 Å². The lowest BCUT2D eigenvalue weighted by Crippen LogP contribution is -2.39. The minimum Gasteiger partial charge on any atom is -0.389 e. The number of hydrogen-bond acceptors (Lipinski definition) is 3. The minimum absolute atomic E-state index is 0.133. The first kappa shape index (κ1) is 16.0. The Morgan fingerprint density at radius 2 is 2.14 bits per heavy atom. The third kappa shape index (κ3) is 4.07. The minimum atomic E-state index is -4.46. The summed E-state index contributed by atoms with van der Waals surface area (Å²) in [4.78, 5) is 1.95. The average molecular weight is 317 g/mol. The van der Waals surface area contributed by atoms with Crippen molar-refractivity contribution >= 4 is 22.9 Å². The van der Waals surface area contributed by atoms with Gasteiger partial charge in [0, 0.05) is 23.8 Å². The van der Waals surface area contributed by atoms with Gasteiger partial charge in [-0.05, 0) is 44.6 Å². The lowest BCUT2D eigenvalue weighted by molar-refractivity contribution is -0.137. The van der Waals surface area contributed by atoms with Gasteiger partial charge < -0.3 is 16.0 Å². The Bertz CT molecular complexity index is 531. The zero-order valence-corrected chi connectivity index (χ0v) is 12.5. The van der Waals surface area contributed by atoms with Crippen LogP contribution in [0.15, 0.2) is 18.2 Å². The van der Waals surface area contributed by atoms with Gasteiger partial charge in [-0.25, -0.2) is 0 Å². The van der Waals surface area contributed by atoms with E-state index in [4.69, 9.17) is 18.0 Å². The third-order valence-corrected chi connectivity index (χ3v) is 3.81. The summed E-state index contributed by atoms with van der Waals surface area (Å²) >= 11 is 4.74. The van der Waals surface area contributed by atoms with Crippen LogP contribution in [0.3, 0.4) is 0 Å². The molecule has 1 fully saturated rings. The molecular weight excluding hydrogens is 299 g/mol. The summed E-state index contributed by atoms with van der Waals surface area (Å²) in [6.45, 7) is 1.91. The first-order valence-electron chi connectivity index (χ1n) is 6.73. The van der Waals surface area contributed by atoms with E-state index in [0.717, 1.165) is 32.0 Å². The molecule has 1 aliphatic heterocycles. The number of thiocarbonyl (C=S) groups is 1. The van der Waals surface area contributed by atoms with Crippen LogP contribution in [0, 0.1) is 0 Å². The van der Waals surface area contributed by atoms with E-state index in [1.807, 2.05) is 7.05 Å². The molecule has 0 aliphatic carbocycles. The fourth-order valence-corrected chi connectivity index (χ4v) is 2.77. The Balaban J connectivity index is 2.22. The monoisotopic (exact) mass is 317 g/mol. The number of alkyl halides is 3. The van der Waals surface area contributed by atoms with Gasteiger partial charge in [-0.15, -0.1) is 0 Å². The first-order chi connectivity index (χ1) is 9.77. The Morgan fingerprint density at radius 1 is 1.43 bits per heavy atom. The highest BCUT2D eigenvalue weighted by Gasteiger charge is 2.34. The Labute approximate surface area is 127 Å². The van der Waals surface area contributed by atoms with Gasteiger partial charge in [0.2, 0.25) is 0 Å². The van der Waals surface area contributed by atoms with Crippen LogP contribution in [0.2, 0.25) is 0 Å². The van der Waals surface area contributed by atoms with Gasteiger partial charge in [-0.1, -0.05) is 12.2 Å². The van der Waals surface area contributed by atoms with E-state index in [9.17, 15) is 13.2 Å². The molecule has 116 valence electrons. The summed E-state index contributed by atoms with van der Waals surface area (Å²) in [6.07, 6.45) is -2.40. The molecule has 0 bridgehead atoms. The number of likely N-dealkylation sites (N-methyl/N-ethyl adjacent to an activating group) is 1. The van der Waals surface area contributed by atoms with Crippen LogP contribution in [0.1, 0.15) is 24.0 Å². The van der Waals surface area contributed by atoms with Gasteiger partial charge in [-0.2, -0.15) is 13.2 Å². The number of piperidine rings is 1. The molecule has 3 N–H and O–H groups in total. The number of rotatable bonds is 3. The van der Waals surface area contributed by atoms with Crippen molar-refractivity contribution in [3.63, 3.8) is 0 Å². The molecule has 1 saturated heterocycles. The average Bonchev–Trinajstić information content (AvgIpc) is 2.37. The molecule has 0 spiro atoms. The molecule has 1 unspecified atom stereocenters. The first-order valence-corrected chi connectivity index (χ1v) is 7.14. The van der Waals surface area contributed by atoms with Crippen LogP contribution >= 0.6 is 12.2 Å². The molecule has 3 nitrogen and oxygen atoms in total. The van der Waals surface area contributed by atoms with Crippen molar-refractivity contribution in [1.29, 1.82) is 0 Å². The van der Waals surface area contributed by atoms with Gasteiger partial charge >= 0.3 is 6.18 Å². The highest BCUT2D eigenvalue weighted by Crippen LogP contribution is 2.33. The maximum Gasteiger partial charge on any atom is 0.417 e. The highest BCUT2D eigenvalue weighted by molar-refractivity contribution is 7.80. The normalized spacial score (nSPS) is 20.3. The number of anilines is 1. The van der Waals surface area contributed by atoms with Crippen LogP contribution in [0.4, 0.5) is 18.9 Å². The van der Waals surface area contributed by atoms with Crippen molar-refractivity contribution in [2.45, 2.75) is 25.1 Å². The van der Waals surface area contributed by atoms with Gasteiger partial charge in [-0.3, -0.25) is 0 Å². The topological polar surface area (TPSA) is 41.3 Å². The number of nitrogens with two attached hydrogens (primary N) is 1. The summed E-state index contributed by atoms with van der Waals surface area (Å²) in [5.41, 5.74) is 5.12. The molecule has 21 heavy (non-hydrogen) atoms. The van der Waals surface area contributed by atoms with Crippen molar-refractivity contribution in [3.8, 4) is 0 Å². The molecule has 0 aromatic heterocycles. The second kappa shape index (κ2) is 6.19. The number of nitrogens with one attached hydrogen (secondary N) is 1. The molecule has 0 amide bonds. The van der Waals surface area contributed by atoms with Crippen LogP contribution in [-0.2, 0) is 6.18 Å². The second-order valence-electron chi connectivity index (χ2n) is 5.37. The van der Waals surface area contributed by atoms with Crippen molar-refractivity contribution in [2.75, 3.05) is 25.5 Å². The summed E-state index contributed by atoms with van der Waals surface area (Å²) in [5, 5.41) is 3.26. The van der Waals surface area contributed by atoms with Crippen molar-refractivity contribution in [2.24, 2.45) is 5.73 Å². The largest absolute Gasteiger partial charge is 0.417 e. The van der Waals surface area contributed by atoms with Crippen LogP contribution in [0.5, 0.6) is 0 Å². The summed E-state index contributed by atoms with van der Waals surface area (Å²) in [6, 6.07) is 4.07. The quantitative estimate of drug-likeness (QED) is 0.841. The summed E-state index contributed by atoms with van der Waals surface area (Å²) in [7, 11) is 2.03. The van der Waals surface area contributed by atoms with Crippen LogP contribution in [0.25, 0.3) is 0 Å². The maximum atomic E-state index is 12.9. The Morgan fingerprint density at radius 3 is 2.71 bits per heavy atom. The Kier molecular flexibility index (Phi) is 4.73. The van der Waals surface area contributed by atoms with Gasteiger partial charge in [0.15, 0.2) is 0 Å². The molecule has 1 atom stereocenters. The molecule has 0 saturated carbocycles. The fraction of sp³-hybridized carbons (Fsp3) is 0.500. The summed E-state index contributed by atoms with van der Waals surface area (Å²) < 4.78 is 38.7. The predicted molar refractivity (Wildman–Crippen MR) is 81.5 cm³/mol. The van der Waals surface area contributed by atoms with Gasteiger partial charge in [0.05, 0.1) is 5.56 Å². The number of nitrogens with zero attached hydrogens (tertiary/aromatic N) is 1. The van der Waals surface area contributed by atoms with E-state index in [2.05, 4.69) is 10.2 Å². The van der Waals surface area contributed by atoms with Crippen molar-refractivity contribution < 1.29 is 13.2 Å². The van der Waals surface area contributed by atoms with E-state index >= 15 is 0 Å².